The highest BCUT2D eigenvalue weighted by atomic mass is 79.9. The van der Waals surface area contributed by atoms with Gasteiger partial charge in [0.05, 0.1) is 11.1 Å². The average Bonchev–Trinajstić information content (AvgIpc) is 2.75. The molecule has 0 bridgehead atoms. The lowest BCUT2D eigenvalue weighted by atomic mass is 9.81. The molecule has 0 saturated carbocycles. The molecular weight excluding hydrogens is 560 g/mol. The molecule has 4 rings (SSSR count). The van der Waals surface area contributed by atoms with Crippen LogP contribution < -0.4 is 20.3 Å². The highest BCUT2D eigenvalue weighted by Crippen LogP contribution is 2.37. The first kappa shape index (κ1) is 28.7. The molecule has 2 saturated heterocycles. The summed E-state index contributed by atoms with van der Waals surface area (Å²) in [5, 5.41) is 6.66. The summed E-state index contributed by atoms with van der Waals surface area (Å²) in [4.78, 5) is 23.4. The zero-order chi connectivity index (χ0) is 27.7. The number of nitrogens with zero attached hydrogens (tertiary/aromatic N) is 3. The van der Waals surface area contributed by atoms with Crippen LogP contribution in [0, 0.1) is 17.7 Å². The number of amides is 1. The van der Waals surface area contributed by atoms with Crippen LogP contribution in [0.1, 0.15) is 53.9 Å². The molecule has 2 aromatic rings. The van der Waals surface area contributed by atoms with Gasteiger partial charge in [-0.1, -0.05) is 0 Å². The van der Waals surface area contributed by atoms with E-state index in [0.29, 0.717) is 41.7 Å². The highest BCUT2D eigenvalue weighted by molar-refractivity contribution is 9.10. The van der Waals surface area contributed by atoms with Crippen molar-refractivity contribution in [2.24, 2.45) is 11.8 Å². The lowest BCUT2D eigenvalue weighted by Crippen LogP contribution is -2.62. The maximum absolute atomic E-state index is 15.1. The van der Waals surface area contributed by atoms with Crippen LogP contribution in [-0.2, 0) is 4.74 Å². The molecule has 2 fully saturated rings. The van der Waals surface area contributed by atoms with Crippen molar-refractivity contribution in [1.82, 2.24) is 20.6 Å². The van der Waals surface area contributed by atoms with Crippen LogP contribution in [0.3, 0.4) is 0 Å². The third-order valence-corrected chi connectivity index (χ3v) is 7.73. The first-order valence-electron chi connectivity index (χ1n) is 13.2. The van der Waals surface area contributed by atoms with Gasteiger partial charge in [-0.2, -0.15) is 9.97 Å². The lowest BCUT2D eigenvalue weighted by molar-refractivity contribution is 0.0422. The van der Waals surface area contributed by atoms with Gasteiger partial charge in [0.15, 0.2) is 5.82 Å². The van der Waals surface area contributed by atoms with Crippen LogP contribution >= 0.6 is 15.9 Å². The number of benzene rings is 1. The SMILES string of the molecule is CC(C)(C)OC(=O)NC(C)(C)C1CN(c2nc(OC[C@@H]3CCCNC[C@H](F)C3)nc3c(F)c(Br)ccc23)C1. The van der Waals surface area contributed by atoms with Crippen LogP contribution in [0.4, 0.5) is 19.4 Å². The predicted octanol–water partition coefficient (Wildman–Crippen LogP) is 5.38. The standard InChI is InChI=1S/C27H38BrF2N5O3/c1-26(2,3)38-25(36)34-27(4,5)17-13-35(14-17)23-19-8-9-20(28)21(30)22(19)32-24(33-23)37-15-16-7-6-10-31-12-18(29)11-16/h8-9,16-18,31H,6-7,10-15H2,1-5H3,(H,34,36)/t16-,18-/m1/s1. The summed E-state index contributed by atoms with van der Waals surface area (Å²) in [5.74, 6) is 0.247. The maximum Gasteiger partial charge on any atom is 0.408 e. The van der Waals surface area contributed by atoms with E-state index in [1.807, 2.05) is 39.5 Å². The van der Waals surface area contributed by atoms with Gasteiger partial charge < -0.3 is 25.0 Å². The Hall–Kier alpha value is -2.27. The van der Waals surface area contributed by atoms with Gasteiger partial charge in [-0.15, -0.1) is 0 Å². The number of anilines is 1. The van der Waals surface area contributed by atoms with Crippen molar-refractivity contribution in [1.29, 1.82) is 0 Å². The van der Waals surface area contributed by atoms with E-state index in [9.17, 15) is 9.18 Å². The molecule has 0 aliphatic carbocycles. The van der Waals surface area contributed by atoms with Crippen LogP contribution in [0.2, 0.25) is 0 Å². The third kappa shape index (κ3) is 7.02. The Bertz CT molecular complexity index is 1150. The van der Waals surface area contributed by atoms with Gasteiger partial charge in [0.25, 0.3) is 0 Å². The molecule has 2 atom stereocenters. The summed E-state index contributed by atoms with van der Waals surface area (Å²) >= 11 is 3.25. The number of hydrogen-bond donors (Lipinski definition) is 2. The number of ether oxygens (including phenoxy) is 2. The molecule has 0 radical (unpaired) electrons. The van der Waals surface area contributed by atoms with Crippen molar-refractivity contribution in [3.8, 4) is 6.01 Å². The molecule has 210 valence electrons. The molecule has 0 unspecified atom stereocenters. The van der Waals surface area contributed by atoms with Crippen LogP contribution in [0.5, 0.6) is 6.01 Å². The summed E-state index contributed by atoms with van der Waals surface area (Å²) in [6.07, 6.45) is 0.786. The predicted molar refractivity (Wildman–Crippen MR) is 147 cm³/mol. The number of rotatable bonds is 6. The van der Waals surface area contributed by atoms with Crippen molar-refractivity contribution < 1.29 is 23.0 Å². The zero-order valence-corrected chi connectivity index (χ0v) is 24.3. The molecule has 11 heteroatoms. The van der Waals surface area contributed by atoms with Crippen molar-refractivity contribution in [3.63, 3.8) is 0 Å². The number of aromatic nitrogens is 2. The number of nitrogens with one attached hydrogen (secondary N) is 2. The van der Waals surface area contributed by atoms with E-state index in [4.69, 9.17) is 9.47 Å². The fourth-order valence-corrected chi connectivity index (χ4v) is 5.18. The Labute approximate surface area is 231 Å². The zero-order valence-electron chi connectivity index (χ0n) is 22.7. The highest BCUT2D eigenvalue weighted by Gasteiger charge is 2.42. The minimum absolute atomic E-state index is 0.0373. The van der Waals surface area contributed by atoms with E-state index in [1.54, 1.807) is 12.1 Å². The smallest absolute Gasteiger partial charge is 0.408 e. The van der Waals surface area contributed by atoms with E-state index in [0.717, 1.165) is 19.4 Å². The number of halogens is 3. The molecule has 2 aliphatic heterocycles. The largest absolute Gasteiger partial charge is 0.463 e. The summed E-state index contributed by atoms with van der Waals surface area (Å²) in [6, 6.07) is 3.50. The lowest BCUT2D eigenvalue weighted by Gasteiger charge is -2.48. The molecule has 1 aromatic carbocycles. The van der Waals surface area contributed by atoms with Crippen molar-refractivity contribution >= 4 is 38.7 Å². The normalized spacial score (nSPS) is 21.4. The molecule has 3 heterocycles. The van der Waals surface area contributed by atoms with E-state index in [-0.39, 0.29) is 30.0 Å². The number of alkyl halides is 1. The minimum Gasteiger partial charge on any atom is -0.463 e. The number of carbonyl (C=O) groups is 1. The second-order valence-electron chi connectivity index (χ2n) is 11.9. The number of alkyl carbamates (subject to hydrolysis) is 1. The fraction of sp³-hybridized carbons (Fsp3) is 0.667. The van der Waals surface area contributed by atoms with Crippen molar-refractivity contribution in [3.05, 3.63) is 22.4 Å². The average molecular weight is 599 g/mol. The third-order valence-electron chi connectivity index (χ3n) is 7.11. The molecule has 8 nitrogen and oxygen atoms in total. The Kier molecular flexibility index (Phi) is 8.66. The molecular formula is C27H38BrF2N5O3. The molecule has 0 spiro atoms. The topological polar surface area (TPSA) is 88.6 Å². The molecule has 2 aliphatic rings. The van der Waals surface area contributed by atoms with Gasteiger partial charge in [0, 0.05) is 36.5 Å². The number of hydrogen-bond acceptors (Lipinski definition) is 7. The van der Waals surface area contributed by atoms with Gasteiger partial charge >= 0.3 is 12.1 Å². The van der Waals surface area contributed by atoms with Crippen LogP contribution in [-0.4, -0.2) is 66.2 Å². The molecule has 1 amide bonds. The summed E-state index contributed by atoms with van der Waals surface area (Å²) < 4.78 is 41.0. The Balaban J connectivity index is 1.51. The Morgan fingerprint density at radius 1 is 1.24 bits per heavy atom. The minimum atomic E-state index is -0.930. The monoisotopic (exact) mass is 597 g/mol. The first-order chi connectivity index (χ1) is 17.8. The van der Waals surface area contributed by atoms with E-state index >= 15 is 4.39 Å². The van der Waals surface area contributed by atoms with Crippen molar-refractivity contribution in [2.75, 3.05) is 37.7 Å². The Morgan fingerprint density at radius 3 is 2.68 bits per heavy atom. The van der Waals surface area contributed by atoms with Gasteiger partial charge in [-0.25, -0.2) is 13.6 Å². The second-order valence-corrected chi connectivity index (χ2v) is 12.7. The van der Waals surface area contributed by atoms with Crippen LogP contribution in [0.15, 0.2) is 16.6 Å². The molecule has 38 heavy (non-hydrogen) atoms. The number of carbonyl (C=O) groups excluding carboxylic acids is 1. The summed E-state index contributed by atoms with van der Waals surface area (Å²) in [7, 11) is 0. The molecule has 1 aromatic heterocycles. The Morgan fingerprint density at radius 2 is 1.97 bits per heavy atom. The molecule has 2 N–H and O–H groups in total. The van der Waals surface area contributed by atoms with Gasteiger partial charge in [0.1, 0.15) is 23.1 Å². The van der Waals surface area contributed by atoms with Gasteiger partial charge in [-0.3, -0.25) is 0 Å². The fourth-order valence-electron chi connectivity index (χ4n) is 4.86. The van der Waals surface area contributed by atoms with E-state index < -0.39 is 29.2 Å². The number of fused-ring (bicyclic) bond motifs is 1. The summed E-state index contributed by atoms with van der Waals surface area (Å²) in [5.41, 5.74) is -0.942. The maximum atomic E-state index is 15.1. The quantitative estimate of drug-likeness (QED) is 0.462. The summed E-state index contributed by atoms with van der Waals surface area (Å²) in [6.45, 7) is 12.0. The van der Waals surface area contributed by atoms with Crippen LogP contribution in [0.25, 0.3) is 10.9 Å². The van der Waals surface area contributed by atoms with Gasteiger partial charge in [0.2, 0.25) is 0 Å². The first-order valence-corrected chi connectivity index (χ1v) is 14.0. The second kappa shape index (κ2) is 11.5. The van der Waals surface area contributed by atoms with E-state index in [2.05, 4.69) is 36.5 Å². The van der Waals surface area contributed by atoms with Crippen molar-refractivity contribution in [2.45, 2.75) is 71.2 Å². The van der Waals surface area contributed by atoms with E-state index in [1.165, 1.54) is 0 Å². The van der Waals surface area contributed by atoms with Gasteiger partial charge in [-0.05, 0) is 94.4 Å².